The molecule has 1 aromatic heterocycles. The van der Waals surface area contributed by atoms with Gasteiger partial charge in [0.05, 0.1) is 0 Å². The summed E-state index contributed by atoms with van der Waals surface area (Å²) in [7, 11) is 1.24. The number of benzene rings is 1. The van der Waals surface area contributed by atoms with E-state index in [2.05, 4.69) is 16.6 Å². The van der Waals surface area contributed by atoms with E-state index in [-0.39, 0.29) is 27.6 Å². The summed E-state index contributed by atoms with van der Waals surface area (Å²) < 4.78 is 24.0. The van der Waals surface area contributed by atoms with Crippen LogP contribution in [0.2, 0.25) is 16.4 Å². The van der Waals surface area contributed by atoms with E-state index in [0.29, 0.717) is 0 Å². The number of hydrogen-bond donors (Lipinski definition) is 0. The zero-order valence-corrected chi connectivity index (χ0v) is 14.9. The molecule has 0 fully saturated rings. The predicted octanol–water partition coefficient (Wildman–Crippen LogP) is 4.23. The van der Waals surface area contributed by atoms with Gasteiger partial charge in [-0.3, -0.25) is 0 Å². The molecule has 0 spiro atoms. The Balaban J connectivity index is 2.65. The van der Waals surface area contributed by atoms with Crippen molar-refractivity contribution in [1.29, 1.82) is 0 Å². The van der Waals surface area contributed by atoms with Crippen LogP contribution in [-0.4, -0.2) is 32.9 Å². The normalized spacial score (nSPS) is 11.4. The van der Waals surface area contributed by atoms with E-state index in [1.54, 1.807) is 6.08 Å². The number of halogens is 2. The molecule has 0 aliphatic carbocycles. The third-order valence-corrected chi connectivity index (χ3v) is 4.71. The van der Waals surface area contributed by atoms with Crippen LogP contribution in [-0.2, 0) is 4.74 Å². The van der Waals surface area contributed by atoms with E-state index in [4.69, 9.17) is 20.9 Å². The fourth-order valence-corrected chi connectivity index (χ4v) is 2.99. The number of rotatable bonds is 4. The molecule has 0 saturated heterocycles. The summed E-state index contributed by atoms with van der Waals surface area (Å²) in [5.74, 6) is -0.995. The first-order valence-corrected chi connectivity index (χ1v) is 11.5. The van der Waals surface area contributed by atoms with E-state index in [1.165, 1.54) is 25.3 Å². The second-order valence-corrected chi connectivity index (χ2v) is 9.71. The predicted molar refractivity (Wildman–Crippen MR) is 84.8 cm³/mol. The van der Waals surface area contributed by atoms with Crippen LogP contribution in [0.5, 0.6) is 0 Å². The van der Waals surface area contributed by atoms with Gasteiger partial charge in [-0.05, 0) is 0 Å². The molecule has 0 aliphatic rings. The molecule has 0 aliphatic heterocycles. The molecular formula is C15H14AsClFNO3. The number of nitrogens with zero attached hydrogens (tertiary/aromatic N) is 1. The number of hydrogen-bond acceptors (Lipinski definition) is 4. The maximum absolute atomic E-state index is 14.1. The summed E-state index contributed by atoms with van der Waals surface area (Å²) in [5.41, 5.74) is 4.37. The second-order valence-electron chi connectivity index (χ2n) is 4.64. The number of aromatic nitrogens is 1. The van der Waals surface area contributed by atoms with Gasteiger partial charge in [-0.15, -0.1) is 0 Å². The van der Waals surface area contributed by atoms with Crippen LogP contribution in [0.4, 0.5) is 4.39 Å². The van der Waals surface area contributed by atoms with Gasteiger partial charge >= 0.3 is 137 Å². The second kappa shape index (κ2) is 7.12. The third kappa shape index (κ3) is 3.42. The molecule has 116 valence electrons. The Morgan fingerprint density at radius 2 is 2.18 bits per heavy atom. The van der Waals surface area contributed by atoms with Crippen LogP contribution < -0.4 is 0 Å². The Kier molecular flexibility index (Phi) is 5.43. The summed E-state index contributed by atoms with van der Waals surface area (Å²) in [6.07, 6.45) is 1.68. The van der Waals surface area contributed by atoms with Gasteiger partial charge in [0, 0.05) is 0 Å². The quantitative estimate of drug-likeness (QED) is 0.584. The van der Waals surface area contributed by atoms with E-state index in [9.17, 15) is 9.18 Å². The van der Waals surface area contributed by atoms with Crippen molar-refractivity contribution >= 4 is 38.3 Å². The van der Waals surface area contributed by atoms with E-state index in [1.807, 2.05) is 4.86 Å². The van der Waals surface area contributed by atoms with Crippen molar-refractivity contribution in [3.63, 3.8) is 0 Å². The summed E-state index contributed by atoms with van der Waals surface area (Å²) in [6, 6.07) is 4.24. The Bertz CT molecular complexity index is 707. The molecule has 4 nitrogen and oxygen atoms in total. The van der Waals surface area contributed by atoms with Crippen LogP contribution in [0.15, 0.2) is 27.6 Å². The molecule has 2 aromatic rings. The molecule has 1 heterocycles. The number of esters is 1. The van der Waals surface area contributed by atoms with Crippen molar-refractivity contribution in [2.24, 2.45) is 0 Å². The summed E-state index contributed by atoms with van der Waals surface area (Å²) in [4.78, 5) is 14.0. The van der Waals surface area contributed by atoms with Crippen molar-refractivity contribution in [3.05, 3.63) is 45.2 Å². The molecule has 0 saturated carbocycles. The van der Waals surface area contributed by atoms with Gasteiger partial charge in [-0.1, -0.05) is 0 Å². The van der Waals surface area contributed by atoms with Gasteiger partial charge in [0.2, 0.25) is 0 Å². The molecule has 0 radical (unpaired) electrons. The van der Waals surface area contributed by atoms with Crippen molar-refractivity contribution in [3.8, 4) is 11.3 Å². The number of methoxy groups -OCH3 is 1. The Hall–Kier alpha value is -1.58. The first kappa shape index (κ1) is 16.8. The maximum atomic E-state index is 14.1. The molecule has 0 amide bonds. The van der Waals surface area contributed by atoms with E-state index >= 15 is 0 Å². The summed E-state index contributed by atoms with van der Waals surface area (Å²) in [5, 5.41) is 3.97. The Morgan fingerprint density at radius 1 is 1.45 bits per heavy atom. The van der Waals surface area contributed by atoms with Crippen LogP contribution >= 0.6 is 11.6 Å². The fourth-order valence-electron chi connectivity index (χ4n) is 1.83. The van der Waals surface area contributed by atoms with Crippen molar-refractivity contribution < 1.29 is 18.4 Å². The summed E-state index contributed by atoms with van der Waals surface area (Å²) >= 11 is 4.97. The van der Waals surface area contributed by atoms with Crippen LogP contribution in [0.3, 0.4) is 0 Å². The molecule has 22 heavy (non-hydrogen) atoms. The van der Waals surface area contributed by atoms with Crippen molar-refractivity contribution in [2.45, 2.75) is 11.4 Å². The van der Waals surface area contributed by atoms with Crippen molar-refractivity contribution in [1.82, 2.24) is 5.16 Å². The van der Waals surface area contributed by atoms with Gasteiger partial charge in [0.15, 0.2) is 0 Å². The Labute approximate surface area is 137 Å². The number of carbonyl (C=O) groups excluding carboxylic acids is 1. The van der Waals surface area contributed by atoms with Gasteiger partial charge in [-0.2, -0.15) is 0 Å². The topological polar surface area (TPSA) is 52.3 Å². The first-order chi connectivity index (χ1) is 10.5. The summed E-state index contributed by atoms with van der Waals surface area (Å²) in [6.45, 7) is 0. The van der Waals surface area contributed by atoms with E-state index in [0.717, 1.165) is 0 Å². The van der Waals surface area contributed by atoms with Gasteiger partial charge in [-0.25, -0.2) is 0 Å². The standard InChI is InChI=1S/C15H14AsClFNO3/c1-16(2)8-7-11-13(15(20)21-3)14(19-22-11)12-9(17)5-4-6-10(12)18/h4-8H,1-3H3/b8-7+. The zero-order chi connectivity index (χ0) is 16.3. The molecule has 0 unspecified atom stereocenters. The van der Waals surface area contributed by atoms with Gasteiger partial charge in [0.25, 0.3) is 0 Å². The molecule has 0 bridgehead atoms. The monoisotopic (exact) mass is 385 g/mol. The fraction of sp³-hybridized carbons (Fsp3) is 0.200. The van der Waals surface area contributed by atoms with Gasteiger partial charge < -0.3 is 0 Å². The van der Waals surface area contributed by atoms with Crippen LogP contribution in [0.1, 0.15) is 16.1 Å². The van der Waals surface area contributed by atoms with E-state index < -0.39 is 26.4 Å². The average Bonchev–Trinajstić information content (AvgIpc) is 2.88. The van der Waals surface area contributed by atoms with Crippen molar-refractivity contribution in [2.75, 3.05) is 7.11 Å². The molecule has 0 N–H and O–H groups in total. The molecule has 1 aromatic carbocycles. The number of ether oxygens (including phenoxy) is 1. The zero-order valence-electron chi connectivity index (χ0n) is 12.3. The average molecular weight is 386 g/mol. The first-order valence-electron chi connectivity index (χ1n) is 6.32. The van der Waals surface area contributed by atoms with Gasteiger partial charge in [0.1, 0.15) is 0 Å². The minimum absolute atomic E-state index is 0.0235. The third-order valence-electron chi connectivity index (χ3n) is 2.83. The van der Waals surface area contributed by atoms with Crippen LogP contribution in [0.25, 0.3) is 17.3 Å². The Morgan fingerprint density at radius 3 is 2.77 bits per heavy atom. The molecule has 2 rings (SSSR count). The minimum atomic E-state index is -1.07. The SMILES string of the molecule is COC(=O)c1c(-c2c(F)cccc2Cl)noc1/C=C/[As](C)C. The number of carbonyl (C=O) groups is 1. The molecular weight excluding hydrogens is 372 g/mol. The molecule has 0 atom stereocenters. The van der Waals surface area contributed by atoms with Crippen LogP contribution in [0, 0.1) is 5.82 Å². The molecule has 7 heteroatoms.